The molecular weight excluding hydrogens is 354 g/mol. The van der Waals surface area contributed by atoms with Crippen LogP contribution in [0.15, 0.2) is 23.2 Å². The van der Waals surface area contributed by atoms with E-state index in [-0.39, 0.29) is 6.04 Å². The highest BCUT2D eigenvalue weighted by Crippen LogP contribution is 2.62. The Morgan fingerprint density at radius 1 is 1.32 bits per heavy atom. The standard InChI is InChI=1S/C22H33N3O3/c1-5-23-21(24-14(2)17-13-15(26-3)7-8-18(17)27-4)25-19-16-9-12-28-20(16)22(19)10-6-11-22/h7-8,13-14,16,19-20H,5-6,9-12H2,1-4H3,(H2,23,24,25). The van der Waals surface area contributed by atoms with Gasteiger partial charge in [-0.15, -0.1) is 0 Å². The summed E-state index contributed by atoms with van der Waals surface area (Å²) in [6.45, 7) is 5.84. The molecule has 3 aliphatic rings. The number of guanidine groups is 1. The molecule has 2 aliphatic carbocycles. The first-order valence-corrected chi connectivity index (χ1v) is 10.5. The summed E-state index contributed by atoms with van der Waals surface area (Å²) in [4.78, 5) is 4.73. The summed E-state index contributed by atoms with van der Waals surface area (Å²) in [7, 11) is 3.39. The van der Waals surface area contributed by atoms with E-state index >= 15 is 0 Å². The Bertz CT molecular complexity index is 732. The fraction of sp³-hybridized carbons (Fsp3) is 0.682. The third-order valence-electron chi connectivity index (χ3n) is 6.90. The summed E-state index contributed by atoms with van der Waals surface area (Å²) in [5.74, 6) is 3.16. The zero-order valence-electron chi connectivity index (χ0n) is 17.5. The lowest BCUT2D eigenvalue weighted by molar-refractivity contribution is -0.171. The van der Waals surface area contributed by atoms with Crippen molar-refractivity contribution in [2.45, 2.75) is 57.7 Å². The molecule has 4 unspecified atom stereocenters. The Kier molecular flexibility index (Phi) is 5.41. The van der Waals surface area contributed by atoms with E-state index in [2.05, 4.69) is 24.5 Å². The van der Waals surface area contributed by atoms with Gasteiger partial charge in [0.05, 0.1) is 26.4 Å². The lowest BCUT2D eigenvalue weighted by atomic mass is 9.46. The second-order valence-corrected chi connectivity index (χ2v) is 8.25. The minimum atomic E-state index is 0.0379. The highest BCUT2D eigenvalue weighted by molar-refractivity contribution is 5.81. The Hall–Kier alpha value is -1.95. The summed E-state index contributed by atoms with van der Waals surface area (Å²) >= 11 is 0. The molecule has 0 bridgehead atoms. The first-order chi connectivity index (χ1) is 13.6. The molecule has 1 saturated heterocycles. The average Bonchev–Trinajstić information content (AvgIpc) is 3.09. The molecule has 1 heterocycles. The number of methoxy groups -OCH3 is 2. The lowest BCUT2D eigenvalue weighted by Crippen LogP contribution is -2.72. The minimum absolute atomic E-state index is 0.0379. The minimum Gasteiger partial charge on any atom is -0.497 e. The van der Waals surface area contributed by atoms with Crippen LogP contribution in [0.1, 0.15) is 51.1 Å². The lowest BCUT2D eigenvalue weighted by Gasteiger charge is -2.63. The van der Waals surface area contributed by atoms with E-state index in [4.69, 9.17) is 19.2 Å². The number of rotatable bonds is 6. The summed E-state index contributed by atoms with van der Waals surface area (Å²) in [6.07, 6.45) is 5.46. The molecule has 154 valence electrons. The van der Waals surface area contributed by atoms with Gasteiger partial charge in [-0.25, -0.2) is 0 Å². The van der Waals surface area contributed by atoms with E-state index in [9.17, 15) is 0 Å². The summed E-state index contributed by atoms with van der Waals surface area (Å²) in [6, 6.07) is 6.40. The summed E-state index contributed by atoms with van der Waals surface area (Å²) < 4.78 is 17.0. The Labute approximate surface area is 168 Å². The molecule has 6 heteroatoms. The molecule has 2 saturated carbocycles. The first kappa shape index (κ1) is 19.4. The normalized spacial score (nSPS) is 28.7. The van der Waals surface area contributed by atoms with Crippen LogP contribution in [0.5, 0.6) is 11.5 Å². The molecule has 4 rings (SSSR count). The van der Waals surface area contributed by atoms with E-state index in [0.717, 1.165) is 42.6 Å². The topological polar surface area (TPSA) is 64.1 Å². The van der Waals surface area contributed by atoms with E-state index in [1.54, 1.807) is 14.2 Å². The zero-order chi connectivity index (χ0) is 19.7. The van der Waals surface area contributed by atoms with Gasteiger partial charge in [0.15, 0.2) is 5.96 Å². The molecule has 1 aliphatic heterocycles. The monoisotopic (exact) mass is 387 g/mol. The van der Waals surface area contributed by atoms with Crippen LogP contribution < -0.4 is 20.1 Å². The second-order valence-electron chi connectivity index (χ2n) is 8.25. The molecule has 2 N–H and O–H groups in total. The van der Waals surface area contributed by atoms with E-state index in [1.165, 1.54) is 19.3 Å². The zero-order valence-corrected chi connectivity index (χ0v) is 17.5. The second kappa shape index (κ2) is 7.82. The molecule has 0 amide bonds. The molecule has 4 atom stereocenters. The van der Waals surface area contributed by atoms with Gasteiger partial charge in [0.2, 0.25) is 0 Å². The Morgan fingerprint density at radius 2 is 2.14 bits per heavy atom. The SMILES string of the molecule is CCN=C(NC(C)c1cc(OC)ccc1OC)NC1C2CCOC2C12CCC2. The number of fused-ring (bicyclic) bond motifs is 2. The van der Waals surface area contributed by atoms with Gasteiger partial charge in [-0.05, 0) is 51.3 Å². The van der Waals surface area contributed by atoms with Crippen LogP contribution in [0.25, 0.3) is 0 Å². The third-order valence-corrected chi connectivity index (χ3v) is 6.90. The largest absolute Gasteiger partial charge is 0.497 e. The van der Waals surface area contributed by atoms with E-state index in [1.807, 2.05) is 18.2 Å². The van der Waals surface area contributed by atoms with Crippen molar-refractivity contribution in [1.29, 1.82) is 0 Å². The van der Waals surface area contributed by atoms with Gasteiger partial charge < -0.3 is 24.8 Å². The van der Waals surface area contributed by atoms with Gasteiger partial charge in [0.25, 0.3) is 0 Å². The molecule has 0 radical (unpaired) electrons. The number of nitrogens with one attached hydrogen (secondary N) is 2. The molecule has 0 aromatic heterocycles. The van der Waals surface area contributed by atoms with Gasteiger partial charge in [-0.3, -0.25) is 4.99 Å². The molecule has 6 nitrogen and oxygen atoms in total. The maximum absolute atomic E-state index is 6.06. The highest BCUT2D eigenvalue weighted by Gasteiger charge is 2.66. The maximum Gasteiger partial charge on any atom is 0.191 e. The Morgan fingerprint density at radius 3 is 2.79 bits per heavy atom. The maximum atomic E-state index is 6.06. The third kappa shape index (κ3) is 3.11. The highest BCUT2D eigenvalue weighted by atomic mass is 16.5. The number of aliphatic imine (C=N–C) groups is 1. The van der Waals surface area contributed by atoms with Crippen molar-refractivity contribution in [2.24, 2.45) is 16.3 Å². The number of hydrogen-bond donors (Lipinski definition) is 2. The van der Waals surface area contributed by atoms with Crippen molar-refractivity contribution >= 4 is 5.96 Å². The molecular formula is C22H33N3O3. The smallest absolute Gasteiger partial charge is 0.191 e. The summed E-state index contributed by atoms with van der Waals surface area (Å²) in [5, 5.41) is 7.36. The van der Waals surface area contributed by atoms with E-state index in [0.29, 0.717) is 23.5 Å². The number of benzene rings is 1. The average molecular weight is 388 g/mol. The van der Waals surface area contributed by atoms with Gasteiger partial charge in [-0.2, -0.15) is 0 Å². The fourth-order valence-electron chi connectivity index (χ4n) is 5.35. The van der Waals surface area contributed by atoms with Gasteiger partial charge >= 0.3 is 0 Å². The molecule has 3 fully saturated rings. The van der Waals surface area contributed by atoms with Gasteiger partial charge in [0.1, 0.15) is 11.5 Å². The Balaban J connectivity index is 1.49. The first-order valence-electron chi connectivity index (χ1n) is 10.5. The van der Waals surface area contributed by atoms with E-state index < -0.39 is 0 Å². The number of hydrogen-bond acceptors (Lipinski definition) is 4. The number of ether oxygens (including phenoxy) is 3. The predicted molar refractivity (Wildman–Crippen MR) is 110 cm³/mol. The van der Waals surface area contributed by atoms with Gasteiger partial charge in [-0.1, -0.05) is 6.42 Å². The fourth-order valence-corrected chi connectivity index (χ4v) is 5.35. The molecule has 1 aromatic rings. The molecule has 28 heavy (non-hydrogen) atoms. The molecule has 1 aromatic carbocycles. The van der Waals surface area contributed by atoms with Crippen LogP contribution in [-0.2, 0) is 4.74 Å². The van der Waals surface area contributed by atoms with Crippen LogP contribution in [0.4, 0.5) is 0 Å². The van der Waals surface area contributed by atoms with Crippen molar-refractivity contribution in [3.8, 4) is 11.5 Å². The van der Waals surface area contributed by atoms with Crippen LogP contribution in [0.3, 0.4) is 0 Å². The quantitative estimate of drug-likeness (QED) is 0.579. The van der Waals surface area contributed by atoms with Crippen LogP contribution >= 0.6 is 0 Å². The van der Waals surface area contributed by atoms with Crippen molar-refractivity contribution in [3.05, 3.63) is 23.8 Å². The van der Waals surface area contributed by atoms with Crippen molar-refractivity contribution in [1.82, 2.24) is 10.6 Å². The van der Waals surface area contributed by atoms with Crippen molar-refractivity contribution in [3.63, 3.8) is 0 Å². The predicted octanol–water partition coefficient (Wildman–Crippen LogP) is 3.28. The van der Waals surface area contributed by atoms with Crippen LogP contribution in [0, 0.1) is 11.3 Å². The van der Waals surface area contributed by atoms with Crippen LogP contribution in [0.2, 0.25) is 0 Å². The number of nitrogens with zero attached hydrogens (tertiary/aromatic N) is 1. The van der Waals surface area contributed by atoms with Crippen molar-refractivity contribution < 1.29 is 14.2 Å². The van der Waals surface area contributed by atoms with Crippen LogP contribution in [-0.4, -0.2) is 45.5 Å². The molecule has 1 spiro atoms. The summed E-state index contributed by atoms with van der Waals surface area (Å²) in [5.41, 5.74) is 1.38. The van der Waals surface area contributed by atoms with Crippen molar-refractivity contribution in [2.75, 3.05) is 27.4 Å². The van der Waals surface area contributed by atoms with Gasteiger partial charge in [0, 0.05) is 36.1 Å².